The molecule has 0 bridgehead atoms. The van der Waals surface area contributed by atoms with Crippen LogP contribution in [0.1, 0.15) is 27.7 Å². The van der Waals surface area contributed by atoms with Crippen LogP contribution >= 0.6 is 15.9 Å². The van der Waals surface area contributed by atoms with E-state index in [0.717, 1.165) is 4.47 Å². The van der Waals surface area contributed by atoms with Crippen molar-refractivity contribution in [3.63, 3.8) is 0 Å². The molecule has 0 spiro atoms. The molecule has 0 radical (unpaired) electrons. The number of pyridine rings is 1. The Bertz CT molecular complexity index is 482. The lowest BCUT2D eigenvalue weighted by Gasteiger charge is -2.32. The minimum atomic E-state index is -0.517. The maximum Gasteiger partial charge on any atom is 0.496 e. The molecule has 17 heavy (non-hydrogen) atoms. The molecule has 92 valence electrons. The minimum absolute atomic E-state index is 0.169. The van der Waals surface area contributed by atoms with Gasteiger partial charge < -0.3 is 14.3 Å². The third-order valence-corrected chi connectivity index (χ3v) is 4.10. The van der Waals surface area contributed by atoms with Gasteiger partial charge in [0, 0.05) is 22.2 Å². The van der Waals surface area contributed by atoms with Gasteiger partial charge in [0.15, 0.2) is 0 Å². The summed E-state index contributed by atoms with van der Waals surface area (Å²) in [5.74, 6) is 0. The fourth-order valence-electron chi connectivity index (χ4n) is 1.62. The van der Waals surface area contributed by atoms with Crippen LogP contribution in [0.25, 0.3) is 0 Å². The second-order valence-electron chi connectivity index (χ2n) is 5.19. The summed E-state index contributed by atoms with van der Waals surface area (Å²) in [6.07, 6.45) is 1.60. The molecule has 4 nitrogen and oxygen atoms in total. The Kier molecular flexibility index (Phi) is 3.00. The molecule has 1 N–H and O–H groups in total. The van der Waals surface area contributed by atoms with Crippen LogP contribution in [0.15, 0.2) is 21.5 Å². The van der Waals surface area contributed by atoms with Crippen LogP contribution in [0.3, 0.4) is 0 Å². The SMILES string of the molecule is CC1(C)OB(c2cc(=O)[nH]cc2Br)OC1(C)C. The second kappa shape index (κ2) is 3.97. The molecular weight excluding hydrogens is 285 g/mol. The van der Waals surface area contributed by atoms with Crippen molar-refractivity contribution < 1.29 is 9.31 Å². The maximum absolute atomic E-state index is 11.3. The van der Waals surface area contributed by atoms with Crippen molar-refractivity contribution in [2.75, 3.05) is 0 Å². The van der Waals surface area contributed by atoms with Gasteiger partial charge in [-0.2, -0.15) is 0 Å². The summed E-state index contributed by atoms with van der Waals surface area (Å²) in [4.78, 5) is 13.9. The van der Waals surface area contributed by atoms with E-state index in [1.54, 1.807) is 6.20 Å². The quantitative estimate of drug-likeness (QED) is 0.798. The highest BCUT2D eigenvalue weighted by molar-refractivity contribution is 9.10. The van der Waals surface area contributed by atoms with E-state index in [-0.39, 0.29) is 5.56 Å². The zero-order chi connectivity index (χ0) is 12.8. The maximum atomic E-state index is 11.3. The van der Waals surface area contributed by atoms with Crippen LogP contribution in [0.5, 0.6) is 0 Å². The van der Waals surface area contributed by atoms with E-state index >= 15 is 0 Å². The monoisotopic (exact) mass is 299 g/mol. The van der Waals surface area contributed by atoms with Crippen molar-refractivity contribution in [2.45, 2.75) is 38.9 Å². The molecule has 2 heterocycles. The summed E-state index contributed by atoms with van der Waals surface area (Å²) in [5.41, 5.74) is -0.260. The average molecular weight is 300 g/mol. The summed E-state index contributed by atoms with van der Waals surface area (Å²) >= 11 is 3.39. The van der Waals surface area contributed by atoms with Gasteiger partial charge in [-0.15, -0.1) is 0 Å². The molecule has 1 aliphatic heterocycles. The number of hydrogen-bond donors (Lipinski definition) is 1. The second-order valence-corrected chi connectivity index (χ2v) is 6.04. The number of rotatable bonds is 1. The molecule has 1 aromatic heterocycles. The summed E-state index contributed by atoms with van der Waals surface area (Å²) in [5, 5.41) is 0. The highest BCUT2D eigenvalue weighted by atomic mass is 79.9. The fourth-order valence-corrected chi connectivity index (χ4v) is 2.04. The van der Waals surface area contributed by atoms with E-state index in [0.29, 0.717) is 5.46 Å². The Balaban J connectivity index is 2.38. The fraction of sp³-hybridized carbons (Fsp3) is 0.545. The Morgan fingerprint density at radius 2 is 1.76 bits per heavy atom. The van der Waals surface area contributed by atoms with Crippen molar-refractivity contribution in [2.24, 2.45) is 0 Å². The van der Waals surface area contributed by atoms with Gasteiger partial charge >= 0.3 is 7.12 Å². The first-order valence-electron chi connectivity index (χ1n) is 5.47. The molecule has 1 saturated heterocycles. The number of halogens is 1. The summed E-state index contributed by atoms with van der Waals surface area (Å²) in [6.45, 7) is 7.92. The average Bonchev–Trinajstić information content (AvgIpc) is 2.40. The Labute approximate surface area is 109 Å². The highest BCUT2D eigenvalue weighted by Gasteiger charge is 2.52. The summed E-state index contributed by atoms with van der Waals surface area (Å²) in [6, 6.07) is 1.49. The van der Waals surface area contributed by atoms with Gasteiger partial charge in [-0.25, -0.2) is 0 Å². The normalized spacial score (nSPS) is 21.8. The molecule has 0 saturated carbocycles. The van der Waals surface area contributed by atoms with Crippen LogP contribution in [-0.4, -0.2) is 23.3 Å². The van der Waals surface area contributed by atoms with Crippen LogP contribution in [0.4, 0.5) is 0 Å². The number of nitrogens with one attached hydrogen (secondary N) is 1. The third-order valence-electron chi connectivity index (χ3n) is 3.41. The molecule has 1 aliphatic rings. The van der Waals surface area contributed by atoms with Gasteiger partial charge in [-0.05, 0) is 43.6 Å². The first kappa shape index (κ1) is 12.9. The first-order valence-corrected chi connectivity index (χ1v) is 6.26. The predicted octanol–water partition coefficient (Wildman–Crippen LogP) is 1.44. The number of aromatic nitrogens is 1. The topological polar surface area (TPSA) is 51.3 Å². The van der Waals surface area contributed by atoms with Crippen molar-refractivity contribution >= 4 is 28.5 Å². The van der Waals surface area contributed by atoms with Crippen molar-refractivity contribution in [1.82, 2.24) is 4.98 Å². The van der Waals surface area contributed by atoms with Gasteiger partial charge in [0.25, 0.3) is 0 Å². The van der Waals surface area contributed by atoms with Gasteiger partial charge in [-0.3, -0.25) is 4.79 Å². The number of hydrogen-bond acceptors (Lipinski definition) is 3. The molecule has 0 atom stereocenters. The van der Waals surface area contributed by atoms with Crippen LogP contribution < -0.4 is 11.0 Å². The van der Waals surface area contributed by atoms with Crippen LogP contribution in [0, 0.1) is 0 Å². The zero-order valence-electron chi connectivity index (χ0n) is 10.3. The Morgan fingerprint density at radius 3 is 2.29 bits per heavy atom. The van der Waals surface area contributed by atoms with E-state index in [1.807, 2.05) is 27.7 Å². The van der Waals surface area contributed by atoms with E-state index in [4.69, 9.17) is 9.31 Å². The Hall–Kier alpha value is -0.585. The Morgan fingerprint density at radius 1 is 1.24 bits per heavy atom. The number of H-pyrrole nitrogens is 1. The molecule has 0 aliphatic carbocycles. The van der Waals surface area contributed by atoms with Crippen LogP contribution in [0.2, 0.25) is 0 Å². The molecule has 0 aromatic carbocycles. The van der Waals surface area contributed by atoms with E-state index in [1.165, 1.54) is 6.07 Å². The zero-order valence-corrected chi connectivity index (χ0v) is 11.9. The molecular formula is C11H15BBrNO3. The van der Waals surface area contributed by atoms with Crippen molar-refractivity contribution in [3.05, 3.63) is 27.1 Å². The van der Waals surface area contributed by atoms with Gasteiger partial charge in [0.05, 0.1) is 11.2 Å². The van der Waals surface area contributed by atoms with Crippen molar-refractivity contribution in [3.8, 4) is 0 Å². The van der Waals surface area contributed by atoms with Gasteiger partial charge in [0.1, 0.15) is 0 Å². The molecule has 2 rings (SSSR count). The largest absolute Gasteiger partial charge is 0.496 e. The minimum Gasteiger partial charge on any atom is -0.399 e. The smallest absolute Gasteiger partial charge is 0.399 e. The molecule has 0 unspecified atom stereocenters. The van der Waals surface area contributed by atoms with Gasteiger partial charge in [0.2, 0.25) is 5.56 Å². The lowest BCUT2D eigenvalue weighted by atomic mass is 9.80. The summed E-state index contributed by atoms with van der Waals surface area (Å²) < 4.78 is 12.5. The molecule has 6 heteroatoms. The van der Waals surface area contributed by atoms with Gasteiger partial charge in [-0.1, -0.05) is 0 Å². The van der Waals surface area contributed by atoms with Crippen LogP contribution in [-0.2, 0) is 9.31 Å². The van der Waals surface area contributed by atoms with E-state index in [9.17, 15) is 4.79 Å². The van der Waals surface area contributed by atoms with Crippen molar-refractivity contribution in [1.29, 1.82) is 0 Å². The standard InChI is InChI=1S/C11H15BBrNO3/c1-10(2)11(3,4)17-12(16-10)7-5-9(15)14-6-8(7)13/h5-6H,1-4H3,(H,14,15). The molecule has 1 fully saturated rings. The van der Waals surface area contributed by atoms with E-state index < -0.39 is 18.3 Å². The molecule has 0 amide bonds. The summed E-state index contributed by atoms with van der Waals surface area (Å²) in [7, 11) is -0.517. The lowest BCUT2D eigenvalue weighted by Crippen LogP contribution is -2.41. The third kappa shape index (κ3) is 2.21. The molecule has 1 aromatic rings. The first-order chi connectivity index (χ1) is 7.73. The van der Waals surface area contributed by atoms with E-state index in [2.05, 4.69) is 20.9 Å². The lowest BCUT2D eigenvalue weighted by molar-refractivity contribution is 0.00578. The predicted molar refractivity (Wildman–Crippen MR) is 70.5 cm³/mol. The number of aromatic amines is 1. The highest BCUT2D eigenvalue weighted by Crippen LogP contribution is 2.36.